The SMILES string of the molecule is CCCCCCCC(=O)[n+]1ccccc1.[Cl-]. The Balaban J connectivity index is 0.00000225. The van der Waals surface area contributed by atoms with Gasteiger partial charge in [0.1, 0.15) is 0 Å². The molecular formula is C13H20ClNO. The molecule has 0 amide bonds. The van der Waals surface area contributed by atoms with E-state index in [-0.39, 0.29) is 18.3 Å². The van der Waals surface area contributed by atoms with Crippen molar-refractivity contribution in [3.8, 4) is 0 Å². The molecular weight excluding hydrogens is 222 g/mol. The summed E-state index contributed by atoms with van der Waals surface area (Å²) in [5, 5.41) is 0. The molecule has 1 heterocycles. The topological polar surface area (TPSA) is 20.9 Å². The lowest BCUT2D eigenvalue weighted by Gasteiger charge is -1.96. The highest BCUT2D eigenvalue weighted by molar-refractivity contribution is 5.66. The number of hydrogen-bond donors (Lipinski definition) is 0. The van der Waals surface area contributed by atoms with Crippen LogP contribution in [0, 0.1) is 0 Å². The van der Waals surface area contributed by atoms with Crippen LogP contribution in [0.4, 0.5) is 0 Å². The van der Waals surface area contributed by atoms with Gasteiger partial charge in [0.2, 0.25) is 0 Å². The molecule has 1 aromatic heterocycles. The summed E-state index contributed by atoms with van der Waals surface area (Å²) in [6.07, 6.45) is 10.3. The van der Waals surface area contributed by atoms with Crippen LogP contribution >= 0.6 is 0 Å². The highest BCUT2D eigenvalue weighted by Crippen LogP contribution is 2.04. The van der Waals surface area contributed by atoms with E-state index in [1.54, 1.807) is 4.57 Å². The molecule has 3 heteroatoms. The first-order valence-corrected chi connectivity index (χ1v) is 5.84. The maximum Gasteiger partial charge on any atom is 0.392 e. The molecule has 0 N–H and O–H groups in total. The second-order valence-corrected chi connectivity index (χ2v) is 3.84. The highest BCUT2D eigenvalue weighted by atomic mass is 35.5. The predicted molar refractivity (Wildman–Crippen MR) is 60.6 cm³/mol. The minimum atomic E-state index is 0. The van der Waals surface area contributed by atoms with Crippen molar-refractivity contribution in [3.63, 3.8) is 0 Å². The molecule has 0 saturated heterocycles. The normalized spacial score (nSPS) is 9.56. The number of rotatable bonds is 6. The number of aromatic nitrogens is 1. The van der Waals surface area contributed by atoms with Crippen LogP contribution in [-0.2, 0) is 0 Å². The Labute approximate surface area is 104 Å². The van der Waals surface area contributed by atoms with E-state index in [4.69, 9.17) is 0 Å². The smallest absolute Gasteiger partial charge is 0.392 e. The van der Waals surface area contributed by atoms with Crippen molar-refractivity contribution in [2.24, 2.45) is 0 Å². The molecule has 0 radical (unpaired) electrons. The zero-order valence-corrected chi connectivity index (χ0v) is 10.6. The second-order valence-electron chi connectivity index (χ2n) is 3.84. The quantitative estimate of drug-likeness (QED) is 0.507. The highest BCUT2D eigenvalue weighted by Gasteiger charge is 2.11. The van der Waals surface area contributed by atoms with E-state index in [1.807, 2.05) is 30.6 Å². The maximum atomic E-state index is 11.6. The van der Waals surface area contributed by atoms with Gasteiger partial charge in [-0.25, -0.2) is 4.79 Å². The fourth-order valence-corrected chi connectivity index (χ4v) is 1.57. The number of halogens is 1. The van der Waals surface area contributed by atoms with Gasteiger partial charge in [-0.3, -0.25) is 0 Å². The second kappa shape index (κ2) is 9.34. The van der Waals surface area contributed by atoms with Gasteiger partial charge in [-0.2, -0.15) is 0 Å². The van der Waals surface area contributed by atoms with Gasteiger partial charge in [0, 0.05) is 12.1 Å². The Bertz CT molecular complexity index is 287. The van der Waals surface area contributed by atoms with E-state index in [9.17, 15) is 4.79 Å². The van der Waals surface area contributed by atoms with Crippen molar-refractivity contribution in [1.29, 1.82) is 0 Å². The van der Waals surface area contributed by atoms with Crippen LogP contribution in [-0.4, -0.2) is 5.91 Å². The van der Waals surface area contributed by atoms with Crippen molar-refractivity contribution < 1.29 is 21.8 Å². The van der Waals surface area contributed by atoms with Gasteiger partial charge >= 0.3 is 5.91 Å². The summed E-state index contributed by atoms with van der Waals surface area (Å²) in [5.74, 6) is 0.201. The summed E-state index contributed by atoms with van der Waals surface area (Å²) in [6.45, 7) is 2.20. The molecule has 0 aliphatic heterocycles. The molecule has 1 aromatic rings. The lowest BCUT2D eigenvalue weighted by Crippen LogP contribution is -3.00. The number of pyridine rings is 1. The lowest BCUT2D eigenvalue weighted by atomic mass is 10.1. The van der Waals surface area contributed by atoms with Crippen LogP contribution in [0.1, 0.15) is 50.2 Å². The fraction of sp³-hybridized carbons (Fsp3) is 0.538. The van der Waals surface area contributed by atoms with Crippen molar-refractivity contribution >= 4 is 5.91 Å². The minimum Gasteiger partial charge on any atom is -1.00 e. The van der Waals surface area contributed by atoms with Gasteiger partial charge in [0.05, 0.1) is 6.42 Å². The molecule has 16 heavy (non-hydrogen) atoms. The molecule has 2 nitrogen and oxygen atoms in total. The Morgan fingerprint density at radius 1 is 1.00 bits per heavy atom. The maximum absolute atomic E-state index is 11.6. The summed E-state index contributed by atoms with van der Waals surface area (Å²) >= 11 is 0. The molecule has 0 aliphatic carbocycles. The zero-order chi connectivity index (χ0) is 10.9. The summed E-state index contributed by atoms with van der Waals surface area (Å²) in [5.41, 5.74) is 0. The average molecular weight is 242 g/mol. The van der Waals surface area contributed by atoms with Crippen LogP contribution in [0.2, 0.25) is 0 Å². The van der Waals surface area contributed by atoms with E-state index >= 15 is 0 Å². The predicted octanol–water partition coefficient (Wildman–Crippen LogP) is -0.0212. The van der Waals surface area contributed by atoms with Crippen LogP contribution in [0.15, 0.2) is 30.6 Å². The Morgan fingerprint density at radius 3 is 2.25 bits per heavy atom. The third kappa shape index (κ3) is 5.86. The third-order valence-electron chi connectivity index (χ3n) is 2.50. The van der Waals surface area contributed by atoms with Gasteiger partial charge in [-0.1, -0.05) is 38.7 Å². The average Bonchev–Trinajstić information content (AvgIpc) is 2.30. The van der Waals surface area contributed by atoms with Gasteiger partial charge in [0.25, 0.3) is 0 Å². The van der Waals surface area contributed by atoms with E-state index < -0.39 is 0 Å². The summed E-state index contributed by atoms with van der Waals surface area (Å²) in [7, 11) is 0. The first kappa shape index (κ1) is 15.1. The molecule has 0 spiro atoms. The van der Waals surface area contributed by atoms with E-state index in [1.165, 1.54) is 25.7 Å². The fourth-order valence-electron chi connectivity index (χ4n) is 1.57. The number of hydrogen-bond acceptors (Lipinski definition) is 1. The van der Waals surface area contributed by atoms with Gasteiger partial charge in [-0.15, -0.1) is 4.57 Å². The van der Waals surface area contributed by atoms with E-state index in [0.29, 0.717) is 6.42 Å². The molecule has 0 aromatic carbocycles. The van der Waals surface area contributed by atoms with Crippen molar-refractivity contribution in [3.05, 3.63) is 30.6 Å². The third-order valence-corrected chi connectivity index (χ3v) is 2.50. The summed E-state index contributed by atoms with van der Waals surface area (Å²) in [4.78, 5) is 11.6. The van der Waals surface area contributed by atoms with Crippen LogP contribution in [0.25, 0.3) is 0 Å². The number of unbranched alkanes of at least 4 members (excludes halogenated alkanes) is 4. The molecule has 0 bridgehead atoms. The molecule has 0 saturated carbocycles. The molecule has 0 fully saturated rings. The molecule has 0 aliphatic rings. The van der Waals surface area contributed by atoms with Gasteiger partial charge in [-0.05, 0) is 6.42 Å². The van der Waals surface area contributed by atoms with Gasteiger partial charge < -0.3 is 12.4 Å². The Kier molecular flexibility index (Phi) is 8.82. The molecule has 1 rings (SSSR count). The lowest BCUT2D eigenvalue weighted by molar-refractivity contribution is -0.574. The number of carbonyl (C=O) groups is 1. The van der Waals surface area contributed by atoms with Crippen LogP contribution in [0.5, 0.6) is 0 Å². The molecule has 0 unspecified atom stereocenters. The van der Waals surface area contributed by atoms with Crippen molar-refractivity contribution in [2.75, 3.05) is 0 Å². The zero-order valence-electron chi connectivity index (χ0n) is 9.86. The molecule has 0 atom stereocenters. The van der Waals surface area contributed by atoms with E-state index in [2.05, 4.69) is 6.92 Å². The molecule has 90 valence electrons. The largest absolute Gasteiger partial charge is 1.00 e. The Hall–Kier alpha value is -0.890. The number of nitrogens with zero attached hydrogens (tertiary/aromatic N) is 1. The standard InChI is InChI=1S/C13H20NO.ClH/c1-2-3-4-5-7-10-13(15)14-11-8-6-9-12-14;/h6,8-9,11-12H,2-5,7,10H2,1H3;1H/q+1;/p-1. The van der Waals surface area contributed by atoms with Crippen molar-refractivity contribution in [2.45, 2.75) is 45.4 Å². The number of carbonyl (C=O) groups excluding carboxylic acids is 1. The first-order valence-electron chi connectivity index (χ1n) is 5.84. The van der Waals surface area contributed by atoms with Crippen molar-refractivity contribution in [1.82, 2.24) is 0 Å². The Morgan fingerprint density at radius 2 is 1.62 bits per heavy atom. The van der Waals surface area contributed by atoms with Crippen LogP contribution in [0.3, 0.4) is 0 Å². The van der Waals surface area contributed by atoms with Gasteiger partial charge in [0.15, 0.2) is 12.4 Å². The minimum absolute atomic E-state index is 0. The van der Waals surface area contributed by atoms with E-state index in [0.717, 1.165) is 6.42 Å². The monoisotopic (exact) mass is 241 g/mol. The van der Waals surface area contributed by atoms with Crippen LogP contribution < -0.4 is 17.0 Å². The first-order chi connectivity index (χ1) is 7.34. The summed E-state index contributed by atoms with van der Waals surface area (Å²) < 4.78 is 1.67. The summed E-state index contributed by atoms with van der Waals surface area (Å²) in [6, 6.07) is 5.69.